The van der Waals surface area contributed by atoms with Gasteiger partial charge < -0.3 is 15.4 Å². The molecule has 3 aromatic rings. The molecule has 1 aromatic heterocycles. The summed E-state index contributed by atoms with van der Waals surface area (Å²) in [6, 6.07) is 12.5. The number of hydrogen-bond donors (Lipinski definition) is 3. The first kappa shape index (κ1) is 28.4. The van der Waals surface area contributed by atoms with Crippen molar-refractivity contribution < 1.29 is 35.9 Å². The van der Waals surface area contributed by atoms with Crippen LogP contribution in [-0.4, -0.2) is 48.7 Å². The van der Waals surface area contributed by atoms with Crippen LogP contribution in [0.15, 0.2) is 65.6 Å². The van der Waals surface area contributed by atoms with Gasteiger partial charge >= 0.3 is 17.8 Å². The SMILES string of the molecule is CCOC(=O)[C@@](NC(=O)c1ccccc1)(Nc1ccc(S(=O)(=O)Nc2cc(C)nc(C)n2)cc1)C(F)(F)F. The molecule has 10 nitrogen and oxygen atoms in total. The third-order valence-corrected chi connectivity index (χ3v) is 6.42. The van der Waals surface area contributed by atoms with Crippen LogP contribution in [0.4, 0.5) is 24.7 Å². The predicted molar refractivity (Wildman–Crippen MR) is 132 cm³/mol. The van der Waals surface area contributed by atoms with Gasteiger partial charge in [-0.05, 0) is 57.2 Å². The number of anilines is 2. The van der Waals surface area contributed by atoms with E-state index in [0.29, 0.717) is 11.5 Å². The molecule has 0 saturated carbocycles. The highest BCUT2D eigenvalue weighted by molar-refractivity contribution is 7.92. The molecule has 1 amide bonds. The Balaban J connectivity index is 1.94. The smallest absolute Gasteiger partial charge is 0.441 e. The van der Waals surface area contributed by atoms with Crippen molar-refractivity contribution in [3.63, 3.8) is 0 Å². The molecule has 2 aromatic carbocycles. The maximum absolute atomic E-state index is 14.4. The molecule has 202 valence electrons. The van der Waals surface area contributed by atoms with E-state index in [9.17, 15) is 31.2 Å². The summed E-state index contributed by atoms with van der Waals surface area (Å²) in [4.78, 5) is 33.0. The Morgan fingerprint density at radius 3 is 2.16 bits per heavy atom. The molecular formula is C24H24F3N5O5S. The van der Waals surface area contributed by atoms with E-state index in [4.69, 9.17) is 0 Å². The number of esters is 1. The quantitative estimate of drug-likeness (QED) is 0.271. The van der Waals surface area contributed by atoms with Crippen LogP contribution in [0.25, 0.3) is 0 Å². The topological polar surface area (TPSA) is 139 Å². The molecule has 0 radical (unpaired) electrons. The molecule has 3 rings (SSSR count). The molecule has 1 atom stereocenters. The molecule has 14 heteroatoms. The minimum absolute atomic E-state index is 0.0132. The van der Waals surface area contributed by atoms with Crippen LogP contribution in [0.1, 0.15) is 28.8 Å². The van der Waals surface area contributed by atoms with E-state index in [0.717, 1.165) is 24.3 Å². The van der Waals surface area contributed by atoms with Gasteiger partial charge in [-0.2, -0.15) is 13.2 Å². The molecule has 0 aliphatic heterocycles. The maximum atomic E-state index is 14.4. The van der Waals surface area contributed by atoms with Crippen molar-refractivity contribution >= 4 is 33.4 Å². The van der Waals surface area contributed by atoms with Gasteiger partial charge in [-0.25, -0.2) is 23.2 Å². The zero-order valence-corrected chi connectivity index (χ0v) is 21.3. The number of amides is 1. The number of benzene rings is 2. The summed E-state index contributed by atoms with van der Waals surface area (Å²) in [5.41, 5.74) is -3.61. The van der Waals surface area contributed by atoms with Crippen molar-refractivity contribution in [1.29, 1.82) is 0 Å². The molecule has 0 bridgehead atoms. The van der Waals surface area contributed by atoms with Gasteiger partial charge in [-0.3, -0.25) is 9.52 Å². The van der Waals surface area contributed by atoms with Gasteiger partial charge in [0.1, 0.15) is 11.6 Å². The Kier molecular flexibility index (Phi) is 8.25. The lowest BCUT2D eigenvalue weighted by Crippen LogP contribution is -2.69. The van der Waals surface area contributed by atoms with E-state index in [2.05, 4.69) is 19.4 Å². The second-order valence-corrected chi connectivity index (χ2v) is 9.67. The first-order valence-electron chi connectivity index (χ1n) is 11.1. The van der Waals surface area contributed by atoms with Crippen LogP contribution in [0, 0.1) is 13.8 Å². The van der Waals surface area contributed by atoms with Crippen LogP contribution in [0.3, 0.4) is 0 Å². The fourth-order valence-corrected chi connectivity index (χ4v) is 4.35. The number of halogens is 3. The number of aryl methyl sites for hydroxylation is 2. The lowest BCUT2D eigenvalue weighted by atomic mass is 10.1. The normalized spacial score (nSPS) is 13.2. The van der Waals surface area contributed by atoms with Gasteiger partial charge in [0.05, 0.1) is 11.5 Å². The maximum Gasteiger partial charge on any atom is 0.441 e. The molecule has 0 aliphatic carbocycles. The van der Waals surface area contributed by atoms with Gasteiger partial charge in [-0.15, -0.1) is 0 Å². The third kappa shape index (κ3) is 6.37. The Morgan fingerprint density at radius 2 is 1.61 bits per heavy atom. The summed E-state index contributed by atoms with van der Waals surface area (Å²) < 4.78 is 75.6. The Hall–Kier alpha value is -4.20. The van der Waals surface area contributed by atoms with Gasteiger partial charge in [0.15, 0.2) is 0 Å². The number of sulfonamides is 1. The Labute approximate surface area is 216 Å². The van der Waals surface area contributed by atoms with Crippen molar-refractivity contribution in [2.45, 2.75) is 37.5 Å². The lowest BCUT2D eigenvalue weighted by Gasteiger charge is -2.35. The van der Waals surface area contributed by atoms with Crippen molar-refractivity contribution in [2.75, 3.05) is 16.6 Å². The van der Waals surface area contributed by atoms with Crippen molar-refractivity contribution in [2.24, 2.45) is 0 Å². The highest BCUT2D eigenvalue weighted by Crippen LogP contribution is 2.34. The number of carbonyl (C=O) groups is 2. The first-order chi connectivity index (χ1) is 17.8. The molecule has 0 unspecified atom stereocenters. The van der Waals surface area contributed by atoms with Crippen LogP contribution in [0.2, 0.25) is 0 Å². The molecule has 0 fully saturated rings. The fourth-order valence-electron chi connectivity index (χ4n) is 3.36. The van der Waals surface area contributed by atoms with Crippen molar-refractivity contribution in [3.8, 4) is 0 Å². The second kappa shape index (κ2) is 11.0. The summed E-state index contributed by atoms with van der Waals surface area (Å²) in [5, 5.41) is 3.71. The summed E-state index contributed by atoms with van der Waals surface area (Å²) in [6.45, 7) is 4.15. The summed E-state index contributed by atoms with van der Waals surface area (Å²) in [6.07, 6.45) is -5.36. The number of alkyl halides is 3. The van der Waals surface area contributed by atoms with E-state index >= 15 is 0 Å². The monoisotopic (exact) mass is 551 g/mol. The van der Waals surface area contributed by atoms with Gasteiger partial charge in [0.2, 0.25) is 0 Å². The number of nitrogens with zero attached hydrogens (tertiary/aromatic N) is 2. The van der Waals surface area contributed by atoms with Crippen LogP contribution in [-0.2, 0) is 19.6 Å². The largest absolute Gasteiger partial charge is 0.463 e. The molecule has 38 heavy (non-hydrogen) atoms. The van der Waals surface area contributed by atoms with E-state index in [1.807, 2.05) is 5.32 Å². The number of nitrogens with one attached hydrogen (secondary N) is 3. The standard InChI is InChI=1S/C24H24F3N5O5S/c1-4-37-22(34)23(24(25,26)27,31-21(33)17-8-6-5-7-9-17)30-18-10-12-19(13-11-18)38(35,36)32-20-14-15(2)28-16(3)29-20/h5-14,30H,4H2,1-3H3,(H,31,33)(H,28,29,32)/t23-/m0/s1. The van der Waals surface area contributed by atoms with Crippen LogP contribution >= 0.6 is 0 Å². The van der Waals surface area contributed by atoms with E-state index in [1.165, 1.54) is 37.3 Å². The molecule has 0 aliphatic rings. The number of carbonyl (C=O) groups excluding carboxylic acids is 2. The molecule has 0 saturated heterocycles. The lowest BCUT2D eigenvalue weighted by molar-refractivity contribution is -0.204. The molecular weight excluding hydrogens is 527 g/mol. The zero-order valence-electron chi connectivity index (χ0n) is 20.5. The van der Waals surface area contributed by atoms with Crippen LogP contribution in [0.5, 0.6) is 0 Å². The average Bonchev–Trinajstić information content (AvgIpc) is 2.83. The number of hydrogen-bond acceptors (Lipinski definition) is 8. The van der Waals surface area contributed by atoms with E-state index in [-0.39, 0.29) is 22.0 Å². The number of rotatable bonds is 9. The van der Waals surface area contributed by atoms with E-state index in [1.54, 1.807) is 25.2 Å². The summed E-state index contributed by atoms with van der Waals surface area (Å²) >= 11 is 0. The summed E-state index contributed by atoms with van der Waals surface area (Å²) in [7, 11) is -4.17. The van der Waals surface area contributed by atoms with Crippen molar-refractivity contribution in [3.05, 3.63) is 77.7 Å². The Bertz CT molecular complexity index is 1400. The van der Waals surface area contributed by atoms with Crippen molar-refractivity contribution in [1.82, 2.24) is 15.3 Å². The van der Waals surface area contributed by atoms with Gasteiger partial charge in [-0.1, -0.05) is 18.2 Å². The molecule has 0 spiro atoms. The minimum Gasteiger partial charge on any atom is -0.463 e. The average molecular weight is 552 g/mol. The highest BCUT2D eigenvalue weighted by Gasteiger charge is 2.63. The predicted octanol–water partition coefficient (Wildman–Crippen LogP) is 3.56. The number of ether oxygens (including phenoxy) is 1. The van der Waals surface area contributed by atoms with E-state index < -0.39 is 40.3 Å². The minimum atomic E-state index is -5.36. The number of aromatic nitrogens is 2. The highest BCUT2D eigenvalue weighted by atomic mass is 32.2. The molecule has 1 heterocycles. The summed E-state index contributed by atoms with van der Waals surface area (Å²) in [5.74, 6) is -2.64. The Morgan fingerprint density at radius 1 is 0.974 bits per heavy atom. The van der Waals surface area contributed by atoms with Gasteiger partial charge in [0, 0.05) is 23.0 Å². The zero-order chi connectivity index (χ0) is 28.1. The first-order valence-corrected chi connectivity index (χ1v) is 12.6. The molecule has 3 N–H and O–H groups in total. The second-order valence-electron chi connectivity index (χ2n) is 7.99. The van der Waals surface area contributed by atoms with Crippen LogP contribution < -0.4 is 15.4 Å². The fraction of sp³-hybridized carbons (Fsp3) is 0.250. The van der Waals surface area contributed by atoms with Gasteiger partial charge in [0.25, 0.3) is 15.9 Å². The third-order valence-electron chi connectivity index (χ3n) is 5.05.